The Kier molecular flexibility index (Phi) is 4.71. The van der Waals surface area contributed by atoms with E-state index in [0.717, 1.165) is 24.1 Å². The normalized spacial score (nSPS) is 22.0. The minimum absolute atomic E-state index is 0.235. The van der Waals surface area contributed by atoms with Crippen molar-refractivity contribution in [1.82, 2.24) is 4.90 Å². The first-order chi connectivity index (χ1) is 13.2. The first-order valence-corrected chi connectivity index (χ1v) is 9.16. The molecule has 2 aliphatic heterocycles. The molecule has 0 radical (unpaired) electrons. The number of benzene rings is 2. The molecule has 2 fully saturated rings. The van der Waals surface area contributed by atoms with E-state index < -0.39 is 5.60 Å². The quantitative estimate of drug-likeness (QED) is 0.829. The van der Waals surface area contributed by atoms with Crippen LogP contribution < -0.4 is 4.90 Å². The Morgan fingerprint density at radius 1 is 1.04 bits per heavy atom. The van der Waals surface area contributed by atoms with Gasteiger partial charge in [0.15, 0.2) is 0 Å². The predicted molar refractivity (Wildman–Crippen MR) is 100 cm³/mol. The van der Waals surface area contributed by atoms with E-state index in [1.807, 2.05) is 60.7 Å². The summed E-state index contributed by atoms with van der Waals surface area (Å²) in [5.41, 5.74) is 1.08. The third kappa shape index (κ3) is 3.74. The monoisotopic (exact) mass is 366 g/mol. The van der Waals surface area contributed by atoms with Crippen molar-refractivity contribution in [3.05, 3.63) is 66.2 Å². The number of hydrogen-bond donors (Lipinski definition) is 0. The summed E-state index contributed by atoms with van der Waals surface area (Å²) < 4.78 is 11.2. The van der Waals surface area contributed by atoms with Crippen LogP contribution in [0.3, 0.4) is 0 Å². The minimum Gasteiger partial charge on any atom is -0.445 e. The lowest BCUT2D eigenvalue weighted by molar-refractivity contribution is -0.0108. The second-order valence-corrected chi connectivity index (χ2v) is 7.04. The van der Waals surface area contributed by atoms with Gasteiger partial charge < -0.3 is 14.4 Å². The fraction of sp³-hybridized carbons (Fsp3) is 0.333. The van der Waals surface area contributed by atoms with E-state index in [1.54, 1.807) is 9.80 Å². The summed E-state index contributed by atoms with van der Waals surface area (Å²) in [7, 11) is 0. The SMILES string of the molecule is O=C(OCc1ccccc1)N1CCCC2(C1)CN(c1ccccc1)C(=O)O2. The topological polar surface area (TPSA) is 59.1 Å². The standard InChI is InChI=1S/C21H22N2O4/c24-19(26-14-17-8-3-1-4-9-17)22-13-7-12-21(15-22)16-23(20(25)27-21)18-10-5-2-6-11-18/h1-6,8-11H,7,12-16H2. The van der Waals surface area contributed by atoms with Crippen LogP contribution in [0.2, 0.25) is 0 Å². The van der Waals surface area contributed by atoms with Crippen LogP contribution >= 0.6 is 0 Å². The van der Waals surface area contributed by atoms with Gasteiger partial charge in [-0.1, -0.05) is 48.5 Å². The molecule has 2 aromatic rings. The summed E-state index contributed by atoms with van der Waals surface area (Å²) >= 11 is 0. The molecule has 0 bridgehead atoms. The van der Waals surface area contributed by atoms with E-state index in [0.29, 0.717) is 19.6 Å². The molecule has 27 heavy (non-hydrogen) atoms. The van der Waals surface area contributed by atoms with Crippen molar-refractivity contribution in [2.75, 3.05) is 24.5 Å². The van der Waals surface area contributed by atoms with E-state index in [1.165, 1.54) is 0 Å². The number of carbonyl (C=O) groups is 2. The van der Waals surface area contributed by atoms with E-state index >= 15 is 0 Å². The molecule has 0 N–H and O–H groups in total. The first-order valence-electron chi connectivity index (χ1n) is 9.16. The Morgan fingerprint density at radius 3 is 2.48 bits per heavy atom. The van der Waals surface area contributed by atoms with Crippen LogP contribution in [0.15, 0.2) is 60.7 Å². The van der Waals surface area contributed by atoms with Crippen molar-refractivity contribution in [2.45, 2.75) is 25.0 Å². The summed E-state index contributed by atoms with van der Waals surface area (Å²) in [5.74, 6) is 0. The van der Waals surface area contributed by atoms with Gasteiger partial charge in [0, 0.05) is 12.2 Å². The summed E-state index contributed by atoms with van der Waals surface area (Å²) in [6, 6.07) is 19.0. The van der Waals surface area contributed by atoms with Crippen LogP contribution in [0.5, 0.6) is 0 Å². The number of ether oxygens (including phenoxy) is 2. The number of amides is 2. The van der Waals surface area contributed by atoms with Gasteiger partial charge in [0.25, 0.3) is 0 Å². The molecule has 2 saturated heterocycles. The van der Waals surface area contributed by atoms with Crippen LogP contribution in [0.1, 0.15) is 18.4 Å². The average molecular weight is 366 g/mol. The van der Waals surface area contributed by atoms with E-state index in [2.05, 4.69) is 0 Å². The highest BCUT2D eigenvalue weighted by Crippen LogP contribution is 2.34. The highest BCUT2D eigenvalue weighted by Gasteiger charge is 2.49. The van der Waals surface area contributed by atoms with Gasteiger partial charge in [-0.2, -0.15) is 0 Å². The van der Waals surface area contributed by atoms with E-state index in [4.69, 9.17) is 9.47 Å². The maximum absolute atomic E-state index is 12.5. The lowest BCUT2D eigenvalue weighted by Crippen LogP contribution is -2.52. The van der Waals surface area contributed by atoms with Crippen LogP contribution in [0.25, 0.3) is 0 Å². The van der Waals surface area contributed by atoms with Crippen molar-refractivity contribution >= 4 is 17.9 Å². The fourth-order valence-electron chi connectivity index (χ4n) is 3.71. The molecule has 6 nitrogen and oxygen atoms in total. The zero-order valence-electron chi connectivity index (χ0n) is 15.0. The fourth-order valence-corrected chi connectivity index (χ4v) is 3.71. The van der Waals surface area contributed by atoms with Crippen molar-refractivity contribution in [2.24, 2.45) is 0 Å². The Labute approximate surface area is 158 Å². The van der Waals surface area contributed by atoms with Crippen LogP contribution in [0.4, 0.5) is 15.3 Å². The van der Waals surface area contributed by atoms with Gasteiger partial charge in [-0.15, -0.1) is 0 Å². The lowest BCUT2D eigenvalue weighted by Gasteiger charge is -2.37. The Bertz CT molecular complexity index is 811. The zero-order valence-corrected chi connectivity index (χ0v) is 15.0. The lowest BCUT2D eigenvalue weighted by atomic mass is 9.93. The van der Waals surface area contributed by atoms with Gasteiger partial charge in [-0.25, -0.2) is 9.59 Å². The minimum atomic E-state index is -0.670. The molecule has 2 heterocycles. The van der Waals surface area contributed by atoms with Gasteiger partial charge >= 0.3 is 12.2 Å². The first kappa shape index (κ1) is 17.4. The van der Waals surface area contributed by atoms with Crippen molar-refractivity contribution in [3.8, 4) is 0 Å². The molecule has 1 atom stereocenters. The number of rotatable bonds is 3. The third-order valence-electron chi connectivity index (χ3n) is 5.04. The Hall–Kier alpha value is -3.02. The van der Waals surface area contributed by atoms with Gasteiger partial charge in [0.05, 0.1) is 13.1 Å². The second-order valence-electron chi connectivity index (χ2n) is 7.04. The molecule has 6 heteroatoms. The smallest absolute Gasteiger partial charge is 0.415 e. The van der Waals surface area contributed by atoms with E-state index in [-0.39, 0.29) is 18.8 Å². The number of para-hydroxylation sites is 1. The number of carbonyl (C=O) groups excluding carboxylic acids is 2. The van der Waals surface area contributed by atoms with Crippen LogP contribution in [-0.2, 0) is 16.1 Å². The molecule has 0 aromatic heterocycles. The molecule has 2 aromatic carbocycles. The highest BCUT2D eigenvalue weighted by molar-refractivity contribution is 5.90. The number of nitrogens with zero attached hydrogens (tertiary/aromatic N) is 2. The third-order valence-corrected chi connectivity index (χ3v) is 5.04. The van der Waals surface area contributed by atoms with Gasteiger partial charge in [0.1, 0.15) is 12.2 Å². The molecule has 2 aliphatic rings. The summed E-state index contributed by atoms with van der Waals surface area (Å²) in [6.45, 7) is 1.64. The molecular formula is C21H22N2O4. The van der Waals surface area contributed by atoms with Crippen molar-refractivity contribution in [3.63, 3.8) is 0 Å². The van der Waals surface area contributed by atoms with Crippen molar-refractivity contribution < 1.29 is 19.1 Å². The van der Waals surface area contributed by atoms with Crippen LogP contribution in [-0.4, -0.2) is 42.3 Å². The number of piperidine rings is 1. The molecule has 0 saturated carbocycles. The Balaban J connectivity index is 1.40. The Morgan fingerprint density at radius 2 is 1.74 bits per heavy atom. The zero-order chi connectivity index (χ0) is 18.7. The van der Waals surface area contributed by atoms with Gasteiger partial charge in [0.2, 0.25) is 0 Å². The second kappa shape index (κ2) is 7.31. The van der Waals surface area contributed by atoms with Crippen molar-refractivity contribution in [1.29, 1.82) is 0 Å². The maximum atomic E-state index is 12.5. The molecule has 1 unspecified atom stereocenters. The molecule has 0 aliphatic carbocycles. The van der Waals surface area contributed by atoms with E-state index in [9.17, 15) is 9.59 Å². The average Bonchev–Trinajstić information content (AvgIpc) is 3.03. The maximum Gasteiger partial charge on any atom is 0.415 e. The summed E-state index contributed by atoms with van der Waals surface area (Å²) in [6.07, 6.45) is 0.786. The van der Waals surface area contributed by atoms with Gasteiger partial charge in [-0.05, 0) is 30.5 Å². The molecule has 2 amide bonds. The number of anilines is 1. The van der Waals surface area contributed by atoms with Gasteiger partial charge in [-0.3, -0.25) is 4.90 Å². The molecule has 4 rings (SSSR count). The summed E-state index contributed by atoms with van der Waals surface area (Å²) in [5, 5.41) is 0. The predicted octanol–water partition coefficient (Wildman–Crippen LogP) is 3.81. The molecule has 1 spiro atoms. The largest absolute Gasteiger partial charge is 0.445 e. The molecule has 140 valence electrons. The highest BCUT2D eigenvalue weighted by atomic mass is 16.6. The summed E-state index contributed by atoms with van der Waals surface area (Å²) in [4.78, 5) is 28.2. The number of hydrogen-bond acceptors (Lipinski definition) is 4. The number of likely N-dealkylation sites (tertiary alicyclic amines) is 1. The van der Waals surface area contributed by atoms with Crippen LogP contribution in [0, 0.1) is 0 Å². The molecular weight excluding hydrogens is 344 g/mol.